The molecule has 0 aromatic heterocycles. The van der Waals surface area contributed by atoms with Crippen LogP contribution in [0.3, 0.4) is 0 Å². The first kappa shape index (κ1) is 21.1. The van der Waals surface area contributed by atoms with Crippen LogP contribution < -0.4 is 4.72 Å². The van der Waals surface area contributed by atoms with E-state index in [4.69, 9.17) is 0 Å². The molecular formula is C17H15F6NO2S. The fourth-order valence-electron chi connectivity index (χ4n) is 2.44. The Kier molecular flexibility index (Phi) is 5.51. The lowest BCUT2D eigenvalue weighted by atomic mass is 10.1. The predicted molar refractivity (Wildman–Crippen MR) is 87.8 cm³/mol. The molecule has 0 amide bonds. The predicted octanol–water partition coefficient (Wildman–Crippen LogP) is 5.40. The van der Waals surface area contributed by atoms with Crippen LogP contribution in [0, 0.1) is 6.92 Å². The largest absolute Gasteiger partial charge is 0.416 e. The van der Waals surface area contributed by atoms with Crippen molar-refractivity contribution in [1.82, 2.24) is 0 Å². The number of anilines is 1. The van der Waals surface area contributed by atoms with Crippen molar-refractivity contribution in [1.29, 1.82) is 0 Å². The minimum atomic E-state index is -5.14. The number of hydrogen-bond acceptors (Lipinski definition) is 2. The first-order valence-electron chi connectivity index (χ1n) is 7.66. The summed E-state index contributed by atoms with van der Waals surface area (Å²) < 4.78 is 105. The Labute approximate surface area is 152 Å². The van der Waals surface area contributed by atoms with E-state index in [-0.39, 0.29) is 23.9 Å². The van der Waals surface area contributed by atoms with Crippen molar-refractivity contribution >= 4 is 15.7 Å². The molecule has 0 aliphatic carbocycles. The first-order valence-corrected chi connectivity index (χ1v) is 9.15. The number of halogens is 6. The lowest BCUT2D eigenvalue weighted by Gasteiger charge is -2.17. The van der Waals surface area contributed by atoms with Crippen molar-refractivity contribution in [3.05, 3.63) is 58.7 Å². The second-order valence-electron chi connectivity index (χ2n) is 5.81. The van der Waals surface area contributed by atoms with Crippen LogP contribution in [0.2, 0.25) is 0 Å². The van der Waals surface area contributed by atoms with Gasteiger partial charge in [0.15, 0.2) is 0 Å². The first-order chi connectivity index (χ1) is 12.3. The number of alkyl halides is 6. The van der Waals surface area contributed by atoms with Crippen molar-refractivity contribution in [2.24, 2.45) is 0 Å². The van der Waals surface area contributed by atoms with E-state index < -0.39 is 38.4 Å². The number of sulfonamides is 1. The zero-order chi connectivity index (χ0) is 20.6. The maximum atomic E-state index is 13.0. The number of rotatable bonds is 4. The van der Waals surface area contributed by atoms with Gasteiger partial charge in [0, 0.05) is 0 Å². The van der Waals surface area contributed by atoms with E-state index in [1.807, 2.05) is 0 Å². The monoisotopic (exact) mass is 411 g/mol. The molecule has 0 heterocycles. The molecule has 0 aliphatic rings. The zero-order valence-corrected chi connectivity index (χ0v) is 15.0. The highest BCUT2D eigenvalue weighted by molar-refractivity contribution is 7.92. The Balaban J connectivity index is 2.63. The Morgan fingerprint density at radius 2 is 1.44 bits per heavy atom. The van der Waals surface area contributed by atoms with E-state index in [0.717, 1.165) is 0 Å². The van der Waals surface area contributed by atoms with Crippen LogP contribution in [-0.4, -0.2) is 8.42 Å². The third-order valence-corrected chi connectivity index (χ3v) is 5.18. The maximum absolute atomic E-state index is 13.0. The molecule has 0 bridgehead atoms. The van der Waals surface area contributed by atoms with Gasteiger partial charge in [0.05, 0.1) is 21.7 Å². The van der Waals surface area contributed by atoms with Gasteiger partial charge >= 0.3 is 12.4 Å². The number of nitrogens with one attached hydrogen (secondary N) is 1. The zero-order valence-electron chi connectivity index (χ0n) is 14.2. The quantitative estimate of drug-likeness (QED) is 0.686. The summed E-state index contributed by atoms with van der Waals surface area (Å²) in [6.07, 6.45) is -9.86. The Morgan fingerprint density at radius 3 is 1.89 bits per heavy atom. The van der Waals surface area contributed by atoms with Crippen molar-refractivity contribution in [2.75, 3.05) is 4.72 Å². The second kappa shape index (κ2) is 7.06. The fourth-order valence-corrected chi connectivity index (χ4v) is 3.69. The highest BCUT2D eigenvalue weighted by Crippen LogP contribution is 2.37. The van der Waals surface area contributed by atoms with Crippen molar-refractivity contribution < 1.29 is 34.8 Å². The molecule has 27 heavy (non-hydrogen) atoms. The molecule has 148 valence electrons. The van der Waals surface area contributed by atoms with Crippen molar-refractivity contribution in [3.63, 3.8) is 0 Å². The molecule has 0 saturated carbocycles. The van der Waals surface area contributed by atoms with Gasteiger partial charge in [-0.15, -0.1) is 0 Å². The van der Waals surface area contributed by atoms with Crippen molar-refractivity contribution in [2.45, 2.75) is 37.5 Å². The molecule has 0 aliphatic heterocycles. The number of para-hydroxylation sites is 1. The Morgan fingerprint density at radius 1 is 0.926 bits per heavy atom. The van der Waals surface area contributed by atoms with Crippen LogP contribution in [0.15, 0.2) is 41.3 Å². The number of aryl methyl sites for hydroxylation is 2. The van der Waals surface area contributed by atoms with Crippen LogP contribution in [0.25, 0.3) is 0 Å². The van der Waals surface area contributed by atoms with Crippen LogP contribution in [0.1, 0.15) is 29.2 Å². The summed E-state index contributed by atoms with van der Waals surface area (Å²) >= 11 is 0. The van der Waals surface area contributed by atoms with E-state index in [0.29, 0.717) is 17.5 Å². The highest BCUT2D eigenvalue weighted by Gasteiger charge is 2.38. The minimum absolute atomic E-state index is 0.121. The molecule has 1 N–H and O–H groups in total. The molecule has 0 fully saturated rings. The molecule has 2 aromatic carbocycles. The van der Waals surface area contributed by atoms with Gasteiger partial charge in [-0.3, -0.25) is 4.72 Å². The van der Waals surface area contributed by atoms with Crippen LogP contribution in [0.5, 0.6) is 0 Å². The summed E-state index contributed by atoms with van der Waals surface area (Å²) in [5.41, 5.74) is -2.22. The summed E-state index contributed by atoms with van der Waals surface area (Å²) in [6, 6.07) is 5.09. The van der Waals surface area contributed by atoms with Gasteiger partial charge in [-0.05, 0) is 42.7 Å². The molecule has 0 atom stereocenters. The van der Waals surface area contributed by atoms with Crippen LogP contribution in [0.4, 0.5) is 32.0 Å². The molecule has 3 nitrogen and oxygen atoms in total. The van der Waals surface area contributed by atoms with E-state index in [9.17, 15) is 34.8 Å². The smallest absolute Gasteiger partial charge is 0.279 e. The maximum Gasteiger partial charge on any atom is 0.416 e. The SMILES string of the molecule is CCc1cccc(C)c1NS(=O)(=O)c1cc(C(F)(F)F)cc(C(F)(F)F)c1. The summed E-state index contributed by atoms with van der Waals surface area (Å²) in [5, 5.41) is 0. The Hall–Kier alpha value is -2.23. The summed E-state index contributed by atoms with van der Waals surface area (Å²) in [4.78, 5) is -1.12. The standard InChI is InChI=1S/C17H15F6NO2S/c1-3-11-6-4-5-10(2)15(11)24-27(25,26)14-8-12(16(18,19)20)7-13(9-14)17(21,22)23/h4-9,24H,3H2,1-2H3. The van der Waals surface area contributed by atoms with E-state index in [1.54, 1.807) is 32.0 Å². The lowest BCUT2D eigenvalue weighted by Crippen LogP contribution is -2.18. The molecular weight excluding hydrogens is 396 g/mol. The van der Waals surface area contributed by atoms with Gasteiger partial charge < -0.3 is 0 Å². The van der Waals surface area contributed by atoms with E-state index in [1.165, 1.54) is 0 Å². The number of hydrogen-bond donors (Lipinski definition) is 1. The molecule has 0 radical (unpaired) electrons. The van der Waals surface area contributed by atoms with Gasteiger partial charge in [-0.2, -0.15) is 26.3 Å². The molecule has 0 unspecified atom stereocenters. The average molecular weight is 411 g/mol. The lowest BCUT2D eigenvalue weighted by molar-refractivity contribution is -0.143. The third kappa shape index (κ3) is 4.74. The third-order valence-electron chi connectivity index (χ3n) is 3.85. The van der Waals surface area contributed by atoms with Gasteiger partial charge in [0.1, 0.15) is 0 Å². The van der Waals surface area contributed by atoms with Gasteiger partial charge in [-0.25, -0.2) is 8.42 Å². The second-order valence-corrected chi connectivity index (χ2v) is 7.49. The van der Waals surface area contributed by atoms with Crippen LogP contribution >= 0.6 is 0 Å². The Bertz CT molecular complexity index is 917. The van der Waals surface area contributed by atoms with Crippen LogP contribution in [-0.2, 0) is 28.8 Å². The summed E-state index contributed by atoms with van der Waals surface area (Å²) in [6.45, 7) is 3.31. The highest BCUT2D eigenvalue weighted by atomic mass is 32.2. The summed E-state index contributed by atoms with van der Waals surface area (Å²) in [5.74, 6) is 0. The van der Waals surface area contributed by atoms with Crippen molar-refractivity contribution in [3.8, 4) is 0 Å². The fraction of sp³-hybridized carbons (Fsp3) is 0.294. The molecule has 2 rings (SSSR count). The van der Waals surface area contributed by atoms with Gasteiger partial charge in [0.25, 0.3) is 10.0 Å². The number of benzene rings is 2. The molecule has 2 aromatic rings. The topological polar surface area (TPSA) is 46.2 Å². The molecule has 0 saturated heterocycles. The summed E-state index contributed by atoms with van der Waals surface area (Å²) in [7, 11) is -4.68. The van der Waals surface area contributed by atoms with Gasteiger partial charge in [-0.1, -0.05) is 25.1 Å². The molecule has 10 heteroatoms. The minimum Gasteiger partial charge on any atom is -0.279 e. The van der Waals surface area contributed by atoms with Gasteiger partial charge in [0.2, 0.25) is 0 Å². The normalized spacial score (nSPS) is 12.9. The van der Waals surface area contributed by atoms with E-state index in [2.05, 4.69) is 4.72 Å². The van der Waals surface area contributed by atoms with E-state index >= 15 is 0 Å². The average Bonchev–Trinajstić information content (AvgIpc) is 2.54. The molecule has 0 spiro atoms.